The van der Waals surface area contributed by atoms with Gasteiger partial charge >= 0.3 is 0 Å². The highest BCUT2D eigenvalue weighted by Crippen LogP contribution is 2.32. The SMILES string of the molecule is COc1ccccc1S(=O)(=O)N(C)C[C@@H]1Oc2ncc(-c3ccc(C)cc3)cc2C(=O)N([C@@H](C)CO)C[C@H]1C. The van der Waals surface area contributed by atoms with Crippen molar-refractivity contribution in [1.29, 1.82) is 0 Å². The molecule has 0 saturated heterocycles. The summed E-state index contributed by atoms with van der Waals surface area (Å²) in [7, 11) is -0.990. The number of nitrogens with zero attached hydrogens (tertiary/aromatic N) is 3. The molecule has 1 aliphatic heterocycles. The number of para-hydroxylation sites is 1. The van der Waals surface area contributed by atoms with Crippen molar-refractivity contribution >= 4 is 15.9 Å². The predicted octanol–water partition coefficient (Wildman–Crippen LogP) is 3.61. The van der Waals surface area contributed by atoms with E-state index in [1.165, 1.54) is 24.5 Å². The van der Waals surface area contributed by atoms with Crippen LogP contribution < -0.4 is 9.47 Å². The van der Waals surface area contributed by atoms with Crippen LogP contribution in [0.25, 0.3) is 11.1 Å². The quantitative estimate of drug-likeness (QED) is 0.454. The van der Waals surface area contributed by atoms with Crippen molar-refractivity contribution in [3.8, 4) is 22.8 Å². The minimum absolute atomic E-state index is 0.0118. The number of fused-ring (bicyclic) bond motifs is 1. The number of carbonyl (C=O) groups is 1. The summed E-state index contributed by atoms with van der Waals surface area (Å²) in [6, 6.07) is 15.6. The fraction of sp³-hybridized carbons (Fsp3) is 0.379. The molecule has 3 aromatic rings. The topological polar surface area (TPSA) is 109 Å². The lowest BCUT2D eigenvalue weighted by molar-refractivity contribution is 0.0373. The van der Waals surface area contributed by atoms with Gasteiger partial charge in [-0.3, -0.25) is 4.79 Å². The van der Waals surface area contributed by atoms with Gasteiger partial charge in [-0.1, -0.05) is 48.9 Å². The molecule has 0 saturated carbocycles. The average Bonchev–Trinajstić information content (AvgIpc) is 2.94. The number of aryl methyl sites for hydroxylation is 1. The van der Waals surface area contributed by atoms with Crippen LogP contribution in [0.4, 0.5) is 0 Å². The molecule has 4 rings (SSSR count). The normalized spacial score (nSPS) is 18.6. The molecular weight excluding hydrogens is 518 g/mol. The highest BCUT2D eigenvalue weighted by Gasteiger charge is 2.36. The summed E-state index contributed by atoms with van der Waals surface area (Å²) >= 11 is 0. The first-order valence-electron chi connectivity index (χ1n) is 12.8. The third-order valence-corrected chi connectivity index (χ3v) is 8.96. The van der Waals surface area contributed by atoms with Crippen LogP contribution in [-0.4, -0.2) is 79.6 Å². The zero-order valence-corrected chi connectivity index (χ0v) is 23.7. The molecule has 0 unspecified atom stereocenters. The first-order valence-corrected chi connectivity index (χ1v) is 14.3. The van der Waals surface area contributed by atoms with E-state index in [1.807, 2.05) is 38.1 Å². The number of amides is 1. The van der Waals surface area contributed by atoms with E-state index in [-0.39, 0.29) is 53.6 Å². The molecule has 3 atom stereocenters. The highest BCUT2D eigenvalue weighted by atomic mass is 32.2. The lowest BCUT2D eigenvalue weighted by Crippen LogP contribution is -2.50. The summed E-state index contributed by atoms with van der Waals surface area (Å²) in [5.74, 6) is -0.191. The smallest absolute Gasteiger partial charge is 0.259 e. The van der Waals surface area contributed by atoms with Gasteiger partial charge in [-0.05, 0) is 37.6 Å². The first kappa shape index (κ1) is 28.5. The molecule has 39 heavy (non-hydrogen) atoms. The summed E-state index contributed by atoms with van der Waals surface area (Å²) < 4.78 is 39.7. The second kappa shape index (κ2) is 11.7. The van der Waals surface area contributed by atoms with E-state index in [0.29, 0.717) is 0 Å². The summed E-state index contributed by atoms with van der Waals surface area (Å²) in [5.41, 5.74) is 3.04. The molecular formula is C29H35N3O6S. The van der Waals surface area contributed by atoms with Gasteiger partial charge in [-0.25, -0.2) is 13.4 Å². The van der Waals surface area contributed by atoms with Crippen LogP contribution >= 0.6 is 0 Å². The standard InChI is InChI=1S/C29H35N3O6S/c1-19-10-12-22(13-11-19)23-14-24-28(30-15-23)38-26(20(2)16-32(29(24)34)21(3)18-33)17-31(4)39(35,36)27-9-7-6-8-25(27)37-5/h6-15,20-21,26,33H,16-18H2,1-5H3/t20-,21+,26+/m1/s1. The van der Waals surface area contributed by atoms with E-state index in [0.717, 1.165) is 16.7 Å². The predicted molar refractivity (Wildman–Crippen MR) is 148 cm³/mol. The Labute approximate surface area is 230 Å². The van der Waals surface area contributed by atoms with Gasteiger partial charge in [0, 0.05) is 31.3 Å². The Morgan fingerprint density at radius 1 is 1.18 bits per heavy atom. The van der Waals surface area contributed by atoms with Crippen molar-refractivity contribution in [3.05, 3.63) is 71.9 Å². The number of pyridine rings is 1. The van der Waals surface area contributed by atoms with Crippen LogP contribution in [0.5, 0.6) is 11.6 Å². The van der Waals surface area contributed by atoms with E-state index in [9.17, 15) is 18.3 Å². The van der Waals surface area contributed by atoms with Gasteiger partial charge in [0.2, 0.25) is 15.9 Å². The molecule has 1 N–H and O–H groups in total. The van der Waals surface area contributed by atoms with Crippen molar-refractivity contribution in [2.75, 3.05) is 33.9 Å². The molecule has 1 aromatic heterocycles. The third kappa shape index (κ3) is 5.93. The number of aromatic nitrogens is 1. The Hall–Kier alpha value is -3.47. The Balaban J connectivity index is 1.71. The van der Waals surface area contributed by atoms with Crippen LogP contribution in [0, 0.1) is 12.8 Å². The van der Waals surface area contributed by atoms with Crippen molar-refractivity contribution in [2.24, 2.45) is 5.92 Å². The first-order chi connectivity index (χ1) is 18.6. The van der Waals surface area contributed by atoms with Gasteiger partial charge in [0.05, 0.1) is 26.3 Å². The van der Waals surface area contributed by atoms with E-state index < -0.39 is 22.2 Å². The molecule has 2 heterocycles. The molecule has 0 spiro atoms. The van der Waals surface area contributed by atoms with Gasteiger partial charge < -0.3 is 19.5 Å². The zero-order chi connectivity index (χ0) is 28.3. The maximum Gasteiger partial charge on any atom is 0.259 e. The number of aliphatic hydroxyl groups is 1. The highest BCUT2D eigenvalue weighted by molar-refractivity contribution is 7.89. The Morgan fingerprint density at radius 3 is 2.54 bits per heavy atom. The van der Waals surface area contributed by atoms with Crippen LogP contribution in [0.2, 0.25) is 0 Å². The molecule has 1 amide bonds. The molecule has 1 aliphatic rings. The molecule has 0 bridgehead atoms. The van der Waals surface area contributed by atoms with Crippen LogP contribution in [0.1, 0.15) is 29.8 Å². The van der Waals surface area contributed by atoms with Crippen molar-refractivity contribution in [2.45, 2.75) is 37.8 Å². The lowest BCUT2D eigenvalue weighted by atomic mass is 9.99. The van der Waals surface area contributed by atoms with Crippen LogP contribution in [0.3, 0.4) is 0 Å². The second-order valence-electron chi connectivity index (χ2n) is 10.0. The monoisotopic (exact) mass is 553 g/mol. The van der Waals surface area contributed by atoms with Gasteiger partial charge in [0.15, 0.2) is 0 Å². The summed E-state index contributed by atoms with van der Waals surface area (Å²) in [5, 5.41) is 9.91. The Kier molecular flexibility index (Phi) is 8.58. The average molecular weight is 554 g/mol. The largest absolute Gasteiger partial charge is 0.495 e. The maximum absolute atomic E-state index is 13.7. The number of carbonyl (C=O) groups excluding carboxylic acids is 1. The summed E-state index contributed by atoms with van der Waals surface area (Å²) in [4.78, 5) is 19.9. The lowest BCUT2D eigenvalue weighted by Gasteiger charge is -2.37. The molecule has 0 radical (unpaired) electrons. The summed E-state index contributed by atoms with van der Waals surface area (Å²) in [6.45, 7) is 5.73. The number of hydrogen-bond donors (Lipinski definition) is 1. The van der Waals surface area contributed by atoms with Crippen LogP contribution in [0.15, 0.2) is 65.7 Å². The fourth-order valence-corrected chi connectivity index (χ4v) is 5.91. The van der Waals surface area contributed by atoms with E-state index in [2.05, 4.69) is 4.98 Å². The van der Waals surface area contributed by atoms with Gasteiger partial charge in [-0.2, -0.15) is 4.31 Å². The van der Waals surface area contributed by atoms with E-state index in [4.69, 9.17) is 9.47 Å². The minimum atomic E-state index is -3.91. The zero-order valence-electron chi connectivity index (χ0n) is 22.9. The molecule has 10 heteroatoms. The van der Waals surface area contributed by atoms with Gasteiger partial charge in [-0.15, -0.1) is 0 Å². The molecule has 0 aliphatic carbocycles. The number of ether oxygens (including phenoxy) is 2. The Morgan fingerprint density at radius 2 is 1.87 bits per heavy atom. The minimum Gasteiger partial charge on any atom is -0.495 e. The Bertz CT molecular complexity index is 1430. The second-order valence-corrected chi connectivity index (χ2v) is 12.0. The number of rotatable bonds is 8. The van der Waals surface area contributed by atoms with Gasteiger partial charge in [0.25, 0.3) is 5.91 Å². The number of aliphatic hydroxyl groups excluding tert-OH is 1. The number of likely N-dealkylation sites (N-methyl/N-ethyl adjacent to an activating group) is 1. The van der Waals surface area contributed by atoms with E-state index in [1.54, 1.807) is 42.3 Å². The van der Waals surface area contributed by atoms with Crippen molar-refractivity contribution in [1.82, 2.24) is 14.2 Å². The molecule has 208 valence electrons. The van der Waals surface area contributed by atoms with Crippen molar-refractivity contribution < 1.29 is 27.8 Å². The third-order valence-electron chi connectivity index (χ3n) is 7.10. The fourth-order valence-electron chi connectivity index (χ4n) is 4.58. The van der Waals surface area contributed by atoms with Gasteiger partial charge in [0.1, 0.15) is 22.3 Å². The number of hydrogen-bond acceptors (Lipinski definition) is 7. The molecule has 2 aromatic carbocycles. The summed E-state index contributed by atoms with van der Waals surface area (Å²) in [6.07, 6.45) is 1.02. The van der Waals surface area contributed by atoms with Crippen molar-refractivity contribution in [3.63, 3.8) is 0 Å². The molecule has 0 fully saturated rings. The number of sulfonamides is 1. The van der Waals surface area contributed by atoms with E-state index >= 15 is 0 Å². The maximum atomic E-state index is 13.7. The molecule has 9 nitrogen and oxygen atoms in total. The number of methoxy groups -OCH3 is 1. The number of benzene rings is 2. The van der Waals surface area contributed by atoms with Crippen LogP contribution in [-0.2, 0) is 10.0 Å².